The predicted molar refractivity (Wildman–Crippen MR) is 47.6 cm³/mol. The molecule has 0 N–H and O–H groups in total. The lowest BCUT2D eigenvalue weighted by Gasteiger charge is -2.02. The van der Waals surface area contributed by atoms with E-state index in [1.807, 2.05) is 0 Å². The van der Waals surface area contributed by atoms with E-state index in [1.165, 1.54) is 0 Å². The SMILES string of the molecule is CS(=O)(=O)CCc1c(F)ccnc1F. The van der Waals surface area contributed by atoms with Crippen LogP contribution < -0.4 is 0 Å². The van der Waals surface area contributed by atoms with Crippen molar-refractivity contribution in [3.05, 3.63) is 29.6 Å². The van der Waals surface area contributed by atoms with Crippen LogP contribution >= 0.6 is 0 Å². The zero-order valence-electron chi connectivity index (χ0n) is 7.50. The van der Waals surface area contributed by atoms with Gasteiger partial charge in [-0.25, -0.2) is 17.8 Å². The van der Waals surface area contributed by atoms with Gasteiger partial charge in [-0.05, 0) is 12.5 Å². The van der Waals surface area contributed by atoms with E-state index < -0.39 is 21.6 Å². The molecule has 0 amide bonds. The molecule has 1 aromatic heterocycles. The van der Waals surface area contributed by atoms with Crippen LogP contribution in [0.3, 0.4) is 0 Å². The van der Waals surface area contributed by atoms with Gasteiger partial charge in [0, 0.05) is 18.0 Å². The Kier molecular flexibility index (Phi) is 3.15. The zero-order valence-corrected chi connectivity index (χ0v) is 8.31. The van der Waals surface area contributed by atoms with Gasteiger partial charge in [0.2, 0.25) is 5.95 Å². The maximum absolute atomic E-state index is 13.0. The van der Waals surface area contributed by atoms with Crippen molar-refractivity contribution in [2.45, 2.75) is 6.42 Å². The summed E-state index contributed by atoms with van der Waals surface area (Å²) in [7, 11) is -3.22. The van der Waals surface area contributed by atoms with Crippen molar-refractivity contribution in [2.24, 2.45) is 0 Å². The minimum absolute atomic E-state index is 0.190. The normalized spacial score (nSPS) is 11.6. The Bertz CT molecular complexity index is 411. The molecule has 14 heavy (non-hydrogen) atoms. The van der Waals surface area contributed by atoms with Gasteiger partial charge in [-0.3, -0.25) is 0 Å². The summed E-state index contributed by atoms with van der Waals surface area (Å²) in [4.78, 5) is 3.24. The second-order valence-corrected chi connectivity index (χ2v) is 5.20. The maximum atomic E-state index is 13.0. The highest BCUT2D eigenvalue weighted by atomic mass is 32.2. The van der Waals surface area contributed by atoms with Crippen LogP contribution in [0.25, 0.3) is 0 Å². The second kappa shape index (κ2) is 4.00. The molecule has 0 spiro atoms. The average molecular weight is 221 g/mol. The first kappa shape index (κ1) is 11.0. The van der Waals surface area contributed by atoms with Crippen LogP contribution in [-0.4, -0.2) is 25.4 Å². The van der Waals surface area contributed by atoms with E-state index in [9.17, 15) is 17.2 Å². The number of hydrogen-bond donors (Lipinski definition) is 0. The fourth-order valence-corrected chi connectivity index (χ4v) is 1.53. The number of aromatic nitrogens is 1. The van der Waals surface area contributed by atoms with Gasteiger partial charge in [0.05, 0.1) is 5.75 Å². The smallest absolute Gasteiger partial charge is 0.218 e. The van der Waals surface area contributed by atoms with Gasteiger partial charge in [-0.15, -0.1) is 0 Å². The Morgan fingerprint density at radius 2 is 2.07 bits per heavy atom. The number of rotatable bonds is 3. The number of halogens is 2. The lowest BCUT2D eigenvalue weighted by molar-refractivity contribution is 0.528. The van der Waals surface area contributed by atoms with E-state index in [4.69, 9.17) is 0 Å². The lowest BCUT2D eigenvalue weighted by atomic mass is 10.2. The van der Waals surface area contributed by atoms with Gasteiger partial charge in [0.15, 0.2) is 0 Å². The molecule has 0 saturated carbocycles. The molecule has 0 aromatic carbocycles. The fraction of sp³-hybridized carbons (Fsp3) is 0.375. The highest BCUT2D eigenvalue weighted by Crippen LogP contribution is 2.10. The van der Waals surface area contributed by atoms with E-state index in [1.54, 1.807) is 0 Å². The van der Waals surface area contributed by atoms with E-state index in [-0.39, 0.29) is 17.7 Å². The topological polar surface area (TPSA) is 47.0 Å². The second-order valence-electron chi connectivity index (χ2n) is 2.94. The van der Waals surface area contributed by atoms with E-state index in [0.29, 0.717) is 0 Å². The van der Waals surface area contributed by atoms with Crippen molar-refractivity contribution < 1.29 is 17.2 Å². The first-order chi connectivity index (χ1) is 6.40. The molecule has 0 aliphatic heterocycles. The van der Waals surface area contributed by atoms with Crippen molar-refractivity contribution in [2.75, 3.05) is 12.0 Å². The van der Waals surface area contributed by atoms with Crippen LogP contribution in [0.2, 0.25) is 0 Å². The molecule has 0 bridgehead atoms. The predicted octanol–water partition coefficient (Wildman–Crippen LogP) is 0.947. The molecule has 0 aliphatic carbocycles. The van der Waals surface area contributed by atoms with Gasteiger partial charge in [-0.1, -0.05) is 0 Å². The summed E-state index contributed by atoms with van der Waals surface area (Å²) >= 11 is 0. The van der Waals surface area contributed by atoms with E-state index >= 15 is 0 Å². The first-order valence-corrected chi connectivity index (χ1v) is 5.93. The van der Waals surface area contributed by atoms with E-state index in [2.05, 4.69) is 4.98 Å². The Balaban J connectivity index is 2.87. The largest absolute Gasteiger partial charge is 0.229 e. The first-order valence-electron chi connectivity index (χ1n) is 3.87. The van der Waals surface area contributed by atoms with Crippen molar-refractivity contribution in [1.29, 1.82) is 0 Å². The molecule has 1 aromatic rings. The van der Waals surface area contributed by atoms with Crippen molar-refractivity contribution in [3.63, 3.8) is 0 Å². The summed E-state index contributed by atoms with van der Waals surface area (Å²) in [6, 6.07) is 1.00. The molecule has 0 unspecified atom stereocenters. The molecule has 0 saturated heterocycles. The van der Waals surface area contributed by atoms with Gasteiger partial charge in [-0.2, -0.15) is 4.39 Å². The average Bonchev–Trinajstić information content (AvgIpc) is 2.01. The monoisotopic (exact) mass is 221 g/mol. The summed E-state index contributed by atoms with van der Waals surface area (Å²) in [6.45, 7) is 0. The third kappa shape index (κ3) is 3.02. The van der Waals surface area contributed by atoms with Gasteiger partial charge >= 0.3 is 0 Å². The molecular formula is C8H9F2NO2S. The lowest BCUT2D eigenvalue weighted by Crippen LogP contribution is -2.09. The maximum Gasteiger partial charge on any atom is 0.218 e. The fourth-order valence-electron chi connectivity index (χ4n) is 0.955. The minimum atomic E-state index is -3.22. The van der Waals surface area contributed by atoms with Crippen LogP contribution in [0.5, 0.6) is 0 Å². The number of pyridine rings is 1. The minimum Gasteiger partial charge on any atom is -0.229 e. The van der Waals surface area contributed by atoms with E-state index in [0.717, 1.165) is 18.5 Å². The molecule has 0 aliphatic rings. The Hall–Kier alpha value is -1.04. The summed E-state index contributed by atoms with van der Waals surface area (Å²) in [5.41, 5.74) is -0.280. The third-order valence-corrected chi connectivity index (χ3v) is 2.61. The molecule has 78 valence electrons. The van der Waals surface area contributed by atoms with Crippen LogP contribution in [0.1, 0.15) is 5.56 Å². The van der Waals surface area contributed by atoms with Crippen molar-refractivity contribution in [1.82, 2.24) is 4.98 Å². The molecule has 0 radical (unpaired) electrons. The molecular weight excluding hydrogens is 212 g/mol. The van der Waals surface area contributed by atoms with Crippen LogP contribution in [0.15, 0.2) is 12.3 Å². The van der Waals surface area contributed by atoms with Gasteiger partial charge < -0.3 is 0 Å². The molecule has 3 nitrogen and oxygen atoms in total. The zero-order chi connectivity index (χ0) is 10.8. The molecule has 1 heterocycles. The highest BCUT2D eigenvalue weighted by molar-refractivity contribution is 7.90. The van der Waals surface area contributed by atoms with Crippen LogP contribution in [0, 0.1) is 11.8 Å². The Morgan fingerprint density at radius 3 is 2.57 bits per heavy atom. The Morgan fingerprint density at radius 1 is 1.43 bits per heavy atom. The van der Waals surface area contributed by atoms with Crippen molar-refractivity contribution in [3.8, 4) is 0 Å². The number of sulfone groups is 1. The molecule has 0 atom stereocenters. The Labute approximate surface area is 80.7 Å². The standard InChI is InChI=1S/C8H9F2NO2S/c1-14(12,13)5-3-6-7(9)2-4-11-8(6)10/h2,4H,3,5H2,1H3. The summed E-state index contributed by atoms with van der Waals surface area (Å²) in [6.07, 6.45) is 1.82. The van der Waals surface area contributed by atoms with Crippen molar-refractivity contribution >= 4 is 9.84 Å². The highest BCUT2D eigenvalue weighted by Gasteiger charge is 2.12. The molecule has 6 heteroatoms. The summed E-state index contributed by atoms with van der Waals surface area (Å²) < 4.78 is 47.4. The molecule has 1 rings (SSSR count). The number of hydrogen-bond acceptors (Lipinski definition) is 3. The number of nitrogens with zero attached hydrogens (tertiary/aromatic N) is 1. The quantitative estimate of drug-likeness (QED) is 0.714. The molecule has 0 fully saturated rings. The van der Waals surface area contributed by atoms with Crippen LogP contribution in [-0.2, 0) is 16.3 Å². The summed E-state index contributed by atoms with van der Waals surface area (Å²) in [5.74, 6) is -2.00. The van der Waals surface area contributed by atoms with Crippen LogP contribution in [0.4, 0.5) is 8.78 Å². The summed E-state index contributed by atoms with van der Waals surface area (Å²) in [5, 5.41) is 0. The van der Waals surface area contributed by atoms with Gasteiger partial charge in [0.25, 0.3) is 0 Å². The third-order valence-electron chi connectivity index (χ3n) is 1.67. The van der Waals surface area contributed by atoms with Gasteiger partial charge in [0.1, 0.15) is 15.7 Å².